The highest BCUT2D eigenvalue weighted by molar-refractivity contribution is 5.78. The van der Waals surface area contributed by atoms with E-state index in [9.17, 15) is 14.9 Å². The zero-order chi connectivity index (χ0) is 10.3. The SMILES string of the molecule is C\C=C/C=C(C=O)\C=C(/C)[N+](=O)[O-]. The Morgan fingerprint density at radius 3 is 2.46 bits per heavy atom. The number of hydrogen-bond donors (Lipinski definition) is 0. The van der Waals surface area contributed by atoms with Gasteiger partial charge in [-0.25, -0.2) is 0 Å². The fourth-order valence-corrected chi connectivity index (χ4v) is 0.623. The lowest BCUT2D eigenvalue weighted by molar-refractivity contribution is -0.424. The van der Waals surface area contributed by atoms with Crippen LogP contribution >= 0.6 is 0 Å². The van der Waals surface area contributed by atoms with Crippen molar-refractivity contribution in [1.82, 2.24) is 0 Å². The van der Waals surface area contributed by atoms with Crippen molar-refractivity contribution in [3.8, 4) is 0 Å². The van der Waals surface area contributed by atoms with E-state index >= 15 is 0 Å². The van der Waals surface area contributed by atoms with Gasteiger partial charge in [0.2, 0.25) is 5.70 Å². The molecule has 0 heterocycles. The molecule has 0 saturated heterocycles. The quantitative estimate of drug-likeness (QED) is 0.219. The molecule has 0 aromatic heterocycles. The minimum atomic E-state index is -0.535. The van der Waals surface area contributed by atoms with E-state index in [1.54, 1.807) is 19.1 Å². The zero-order valence-corrected chi connectivity index (χ0v) is 7.56. The summed E-state index contributed by atoms with van der Waals surface area (Å²) in [4.78, 5) is 20.1. The molecule has 0 amide bonds. The topological polar surface area (TPSA) is 60.2 Å². The van der Waals surface area contributed by atoms with E-state index in [1.165, 1.54) is 19.1 Å². The van der Waals surface area contributed by atoms with Crippen LogP contribution in [0, 0.1) is 10.1 Å². The van der Waals surface area contributed by atoms with Crippen LogP contribution < -0.4 is 0 Å². The lowest BCUT2D eigenvalue weighted by atomic mass is 10.2. The van der Waals surface area contributed by atoms with Crippen LogP contribution in [0.5, 0.6) is 0 Å². The standard InChI is InChI=1S/C9H11NO3/c1-3-4-5-9(7-11)6-8(2)10(12)13/h3-7H,1-2H3/b4-3-,8-6+,9-5+. The molecule has 0 aliphatic heterocycles. The van der Waals surface area contributed by atoms with Crippen molar-refractivity contribution in [2.45, 2.75) is 13.8 Å². The fraction of sp³-hybridized carbons (Fsp3) is 0.222. The molecule has 4 nitrogen and oxygen atoms in total. The number of nitro groups is 1. The van der Waals surface area contributed by atoms with Crippen molar-refractivity contribution in [1.29, 1.82) is 0 Å². The minimum absolute atomic E-state index is 0.0529. The zero-order valence-electron chi connectivity index (χ0n) is 7.56. The van der Waals surface area contributed by atoms with Crippen LogP contribution in [0.2, 0.25) is 0 Å². The molecule has 0 saturated carbocycles. The smallest absolute Gasteiger partial charge is 0.243 e. The number of carbonyl (C=O) groups excluding carboxylic acids is 1. The molecule has 0 spiro atoms. The van der Waals surface area contributed by atoms with Gasteiger partial charge in [-0.1, -0.05) is 18.2 Å². The maximum Gasteiger partial charge on any atom is 0.243 e. The summed E-state index contributed by atoms with van der Waals surface area (Å²) in [5.74, 6) is 0. The van der Waals surface area contributed by atoms with E-state index in [4.69, 9.17) is 0 Å². The summed E-state index contributed by atoms with van der Waals surface area (Å²) in [6.07, 6.45) is 6.70. The Kier molecular flexibility index (Phi) is 5.11. The van der Waals surface area contributed by atoms with E-state index in [-0.39, 0.29) is 11.3 Å². The second-order valence-corrected chi connectivity index (χ2v) is 2.35. The van der Waals surface area contributed by atoms with Gasteiger partial charge >= 0.3 is 0 Å². The number of rotatable bonds is 4. The number of carbonyl (C=O) groups is 1. The van der Waals surface area contributed by atoms with Crippen molar-refractivity contribution in [2.75, 3.05) is 0 Å². The van der Waals surface area contributed by atoms with Gasteiger partial charge in [0.1, 0.15) is 6.29 Å². The second kappa shape index (κ2) is 5.88. The molecular formula is C9H11NO3. The highest BCUT2D eigenvalue weighted by Crippen LogP contribution is 2.00. The van der Waals surface area contributed by atoms with Gasteiger partial charge in [0.25, 0.3) is 0 Å². The molecule has 0 aliphatic carbocycles. The molecule has 0 unspecified atom stereocenters. The van der Waals surface area contributed by atoms with Crippen LogP contribution in [0.25, 0.3) is 0 Å². The Labute approximate surface area is 76.4 Å². The summed E-state index contributed by atoms with van der Waals surface area (Å²) in [7, 11) is 0. The summed E-state index contributed by atoms with van der Waals surface area (Å²) in [5, 5.41) is 10.2. The maximum absolute atomic E-state index is 10.4. The molecule has 0 atom stereocenters. The first-order valence-electron chi connectivity index (χ1n) is 3.72. The summed E-state index contributed by atoms with van der Waals surface area (Å²) in [6.45, 7) is 3.13. The van der Waals surface area contributed by atoms with Gasteiger partial charge in [-0.2, -0.15) is 0 Å². The van der Waals surface area contributed by atoms with Crippen LogP contribution in [0.1, 0.15) is 13.8 Å². The second-order valence-electron chi connectivity index (χ2n) is 2.35. The van der Waals surface area contributed by atoms with Crippen LogP contribution in [-0.4, -0.2) is 11.2 Å². The maximum atomic E-state index is 10.4. The van der Waals surface area contributed by atoms with Gasteiger partial charge < -0.3 is 0 Å². The third-order valence-corrected chi connectivity index (χ3v) is 1.28. The average Bonchev–Trinajstić information content (AvgIpc) is 2.11. The lowest BCUT2D eigenvalue weighted by Crippen LogP contribution is -1.94. The van der Waals surface area contributed by atoms with E-state index in [0.29, 0.717) is 6.29 Å². The van der Waals surface area contributed by atoms with Crippen molar-refractivity contribution < 1.29 is 9.72 Å². The molecule has 0 N–H and O–H groups in total. The summed E-state index contributed by atoms with van der Waals surface area (Å²) in [5.41, 5.74) is 0.232. The first-order valence-corrected chi connectivity index (χ1v) is 3.72. The third-order valence-electron chi connectivity index (χ3n) is 1.28. The summed E-state index contributed by atoms with van der Waals surface area (Å²) < 4.78 is 0. The van der Waals surface area contributed by atoms with Crippen LogP contribution in [-0.2, 0) is 4.79 Å². The molecule has 0 aromatic rings. The monoisotopic (exact) mass is 181 g/mol. The molecule has 0 bridgehead atoms. The lowest BCUT2D eigenvalue weighted by Gasteiger charge is -1.89. The van der Waals surface area contributed by atoms with Crippen LogP contribution in [0.15, 0.2) is 35.6 Å². The van der Waals surface area contributed by atoms with Gasteiger partial charge in [0.05, 0.1) is 4.92 Å². The molecule has 0 fully saturated rings. The number of aldehydes is 1. The third kappa shape index (κ3) is 4.68. The Morgan fingerprint density at radius 2 is 2.08 bits per heavy atom. The molecule has 0 radical (unpaired) electrons. The van der Waals surface area contributed by atoms with Crippen LogP contribution in [0.3, 0.4) is 0 Å². The number of allylic oxidation sites excluding steroid dienone is 6. The van der Waals surface area contributed by atoms with Gasteiger partial charge in [-0.3, -0.25) is 14.9 Å². The highest BCUT2D eigenvalue weighted by Gasteiger charge is 2.01. The van der Waals surface area contributed by atoms with Crippen molar-refractivity contribution in [3.63, 3.8) is 0 Å². The minimum Gasteiger partial charge on any atom is -0.298 e. The molecule has 13 heavy (non-hydrogen) atoms. The molecular weight excluding hydrogens is 170 g/mol. The predicted molar refractivity (Wildman–Crippen MR) is 49.7 cm³/mol. The highest BCUT2D eigenvalue weighted by atomic mass is 16.6. The van der Waals surface area contributed by atoms with Crippen molar-refractivity contribution in [2.24, 2.45) is 0 Å². The fourth-order valence-electron chi connectivity index (χ4n) is 0.623. The Morgan fingerprint density at radius 1 is 1.46 bits per heavy atom. The summed E-state index contributed by atoms with van der Waals surface area (Å²) >= 11 is 0. The van der Waals surface area contributed by atoms with Crippen LogP contribution in [0.4, 0.5) is 0 Å². The van der Waals surface area contributed by atoms with Gasteiger partial charge in [0, 0.05) is 18.6 Å². The molecule has 0 aromatic carbocycles. The van der Waals surface area contributed by atoms with Gasteiger partial charge in [0.15, 0.2) is 0 Å². The molecule has 0 aliphatic rings. The number of hydrogen-bond acceptors (Lipinski definition) is 3. The Hall–Kier alpha value is -1.71. The average molecular weight is 181 g/mol. The van der Waals surface area contributed by atoms with E-state index in [1.807, 2.05) is 0 Å². The van der Waals surface area contributed by atoms with E-state index < -0.39 is 4.92 Å². The molecule has 4 heteroatoms. The van der Waals surface area contributed by atoms with E-state index in [0.717, 1.165) is 0 Å². The number of nitrogens with zero attached hydrogens (tertiary/aromatic N) is 1. The largest absolute Gasteiger partial charge is 0.298 e. The Bertz CT molecular complexity index is 287. The first-order chi connectivity index (χ1) is 6.11. The summed E-state index contributed by atoms with van der Waals surface area (Å²) in [6, 6.07) is 0. The van der Waals surface area contributed by atoms with Crippen molar-refractivity contribution >= 4 is 6.29 Å². The normalized spacial score (nSPS) is 13.4. The molecule has 0 rings (SSSR count). The van der Waals surface area contributed by atoms with Gasteiger partial charge in [-0.05, 0) is 6.92 Å². The van der Waals surface area contributed by atoms with Crippen molar-refractivity contribution in [3.05, 3.63) is 45.7 Å². The Balaban J connectivity index is 4.72. The molecule has 70 valence electrons. The predicted octanol–water partition coefficient (Wildman–Crippen LogP) is 1.87. The first kappa shape index (κ1) is 11.3. The van der Waals surface area contributed by atoms with Gasteiger partial charge in [-0.15, -0.1) is 0 Å². The van der Waals surface area contributed by atoms with E-state index in [2.05, 4.69) is 0 Å².